The number of hydrogen-bond donors (Lipinski definition) is 3. The molecule has 3 aliphatic rings. The average molecular weight is 385 g/mol. The number of benzene rings is 1. The van der Waals surface area contributed by atoms with Gasteiger partial charge in [-0.3, -0.25) is 4.79 Å². The van der Waals surface area contributed by atoms with Gasteiger partial charge >= 0.3 is 6.03 Å². The molecule has 28 heavy (non-hydrogen) atoms. The van der Waals surface area contributed by atoms with Crippen molar-refractivity contribution in [2.75, 3.05) is 18.4 Å². The molecule has 6 heteroatoms. The number of urea groups is 1. The summed E-state index contributed by atoms with van der Waals surface area (Å²) in [5, 5.41) is 6.30. The summed E-state index contributed by atoms with van der Waals surface area (Å²) in [5.41, 5.74) is 6.99. The third-order valence-corrected chi connectivity index (χ3v) is 6.79. The van der Waals surface area contributed by atoms with Crippen molar-refractivity contribution in [2.24, 2.45) is 23.5 Å². The molecule has 2 bridgehead atoms. The van der Waals surface area contributed by atoms with Crippen LogP contribution in [0.5, 0.6) is 0 Å². The molecular weight excluding hydrogens is 352 g/mol. The van der Waals surface area contributed by atoms with Crippen molar-refractivity contribution in [3.63, 3.8) is 0 Å². The van der Waals surface area contributed by atoms with E-state index >= 15 is 0 Å². The number of hydrogen-bond acceptors (Lipinski definition) is 3. The Bertz CT molecular complexity index is 681. The molecule has 4 rings (SSSR count). The van der Waals surface area contributed by atoms with E-state index in [1.54, 1.807) is 4.90 Å². The van der Waals surface area contributed by atoms with Crippen molar-refractivity contribution < 1.29 is 9.59 Å². The van der Waals surface area contributed by atoms with Crippen molar-refractivity contribution in [1.82, 2.24) is 10.2 Å². The summed E-state index contributed by atoms with van der Waals surface area (Å²) in [7, 11) is 0. The molecule has 0 aromatic heterocycles. The fraction of sp³-hybridized carbons (Fsp3) is 0.636. The molecule has 3 unspecified atom stereocenters. The molecule has 1 saturated heterocycles. The number of nitrogens with zero attached hydrogens (tertiary/aromatic N) is 1. The molecule has 0 spiro atoms. The monoisotopic (exact) mass is 384 g/mol. The summed E-state index contributed by atoms with van der Waals surface area (Å²) in [5.74, 6) is 1.04. The molecule has 6 nitrogen and oxygen atoms in total. The minimum Gasteiger partial charge on any atom is -0.353 e. The Hall–Kier alpha value is -2.08. The van der Waals surface area contributed by atoms with Gasteiger partial charge in [0.2, 0.25) is 5.91 Å². The predicted octanol–water partition coefficient (Wildman–Crippen LogP) is 2.95. The van der Waals surface area contributed by atoms with Gasteiger partial charge in [-0.05, 0) is 62.5 Å². The minimum atomic E-state index is -0.121. The van der Waals surface area contributed by atoms with Gasteiger partial charge in [-0.2, -0.15) is 0 Å². The number of piperidine rings is 1. The summed E-state index contributed by atoms with van der Waals surface area (Å²) in [4.78, 5) is 27.4. The molecule has 1 aromatic rings. The van der Waals surface area contributed by atoms with Gasteiger partial charge in [-0.25, -0.2) is 4.79 Å². The standard InChI is InChI=1S/C22H32N4O2/c23-18-12-15-6-4-7-16(13-18)20(15)25-21(27)17-8-5-11-26(14-17)22(28)24-19-9-2-1-3-10-19/h1-3,9-10,15-18,20H,4-8,11-14,23H2,(H,24,28)(H,25,27). The zero-order valence-electron chi connectivity index (χ0n) is 16.5. The molecule has 152 valence electrons. The second-order valence-corrected chi connectivity index (χ2v) is 8.80. The van der Waals surface area contributed by atoms with Crippen molar-refractivity contribution in [2.45, 2.75) is 57.0 Å². The second-order valence-electron chi connectivity index (χ2n) is 8.80. The number of fused-ring (bicyclic) bond motifs is 2. The van der Waals surface area contributed by atoms with Crippen molar-refractivity contribution in [1.29, 1.82) is 0 Å². The van der Waals surface area contributed by atoms with Crippen LogP contribution in [0, 0.1) is 17.8 Å². The average Bonchev–Trinajstić information content (AvgIpc) is 2.69. The zero-order chi connectivity index (χ0) is 19.5. The number of para-hydroxylation sites is 1. The van der Waals surface area contributed by atoms with Crippen LogP contribution in [0.1, 0.15) is 44.9 Å². The number of amides is 3. The molecule has 2 aliphatic carbocycles. The highest BCUT2D eigenvalue weighted by Gasteiger charge is 2.41. The highest BCUT2D eigenvalue weighted by atomic mass is 16.2. The first-order valence-corrected chi connectivity index (χ1v) is 10.8. The number of likely N-dealkylation sites (tertiary alicyclic amines) is 1. The van der Waals surface area contributed by atoms with Gasteiger partial charge in [0.1, 0.15) is 0 Å². The predicted molar refractivity (Wildman–Crippen MR) is 110 cm³/mol. The summed E-state index contributed by atoms with van der Waals surface area (Å²) in [6.07, 6.45) is 7.36. The van der Waals surface area contributed by atoms with Crippen LogP contribution in [0.3, 0.4) is 0 Å². The van der Waals surface area contributed by atoms with Crippen LogP contribution >= 0.6 is 0 Å². The lowest BCUT2D eigenvalue weighted by Crippen LogP contribution is -2.56. The summed E-state index contributed by atoms with van der Waals surface area (Å²) < 4.78 is 0. The van der Waals surface area contributed by atoms with E-state index in [9.17, 15) is 9.59 Å². The number of carbonyl (C=O) groups excluding carboxylic acids is 2. The van der Waals surface area contributed by atoms with Gasteiger partial charge in [0.25, 0.3) is 0 Å². The quantitative estimate of drug-likeness (QED) is 0.749. The van der Waals surface area contributed by atoms with Gasteiger partial charge in [-0.1, -0.05) is 24.6 Å². The second kappa shape index (κ2) is 8.52. The molecular formula is C22H32N4O2. The van der Waals surface area contributed by atoms with Crippen LogP contribution in [0.25, 0.3) is 0 Å². The first kappa shape index (κ1) is 19.2. The van der Waals surface area contributed by atoms with E-state index in [2.05, 4.69) is 10.6 Å². The van der Waals surface area contributed by atoms with E-state index in [1.807, 2.05) is 30.3 Å². The fourth-order valence-electron chi connectivity index (χ4n) is 5.41. The topological polar surface area (TPSA) is 87.5 Å². The number of anilines is 1. The maximum absolute atomic E-state index is 13.0. The Morgan fingerprint density at radius 1 is 1.00 bits per heavy atom. The van der Waals surface area contributed by atoms with Gasteiger partial charge in [0, 0.05) is 30.9 Å². The van der Waals surface area contributed by atoms with E-state index in [1.165, 1.54) is 19.3 Å². The van der Waals surface area contributed by atoms with E-state index in [0.29, 0.717) is 24.9 Å². The van der Waals surface area contributed by atoms with E-state index in [-0.39, 0.29) is 29.9 Å². The number of nitrogens with one attached hydrogen (secondary N) is 2. The van der Waals surface area contributed by atoms with Crippen LogP contribution in [-0.4, -0.2) is 42.0 Å². The normalized spacial score (nSPS) is 32.5. The molecule has 2 saturated carbocycles. The van der Waals surface area contributed by atoms with Crippen molar-refractivity contribution >= 4 is 17.6 Å². The Labute approximate surface area is 167 Å². The highest BCUT2D eigenvalue weighted by Crippen LogP contribution is 2.39. The molecule has 1 aromatic carbocycles. The van der Waals surface area contributed by atoms with Gasteiger partial charge in [0.15, 0.2) is 0 Å². The minimum absolute atomic E-state index is 0.119. The van der Waals surface area contributed by atoms with Gasteiger partial charge in [-0.15, -0.1) is 0 Å². The lowest BCUT2D eigenvalue weighted by atomic mass is 9.67. The first-order valence-electron chi connectivity index (χ1n) is 10.8. The van der Waals surface area contributed by atoms with E-state index in [0.717, 1.165) is 31.4 Å². The Morgan fingerprint density at radius 2 is 1.71 bits per heavy atom. The molecule has 3 atom stereocenters. The van der Waals surface area contributed by atoms with Crippen molar-refractivity contribution in [3.05, 3.63) is 30.3 Å². The van der Waals surface area contributed by atoms with E-state index < -0.39 is 0 Å². The Balaban J connectivity index is 1.34. The maximum Gasteiger partial charge on any atom is 0.321 e. The smallest absolute Gasteiger partial charge is 0.321 e. The van der Waals surface area contributed by atoms with Crippen LogP contribution in [0.4, 0.5) is 10.5 Å². The SMILES string of the molecule is NC1CC2CCCC(C1)C2NC(=O)C1CCCN(C(=O)Nc2ccccc2)C1. The summed E-state index contributed by atoms with van der Waals surface area (Å²) in [6, 6.07) is 9.90. The molecule has 3 amide bonds. The lowest BCUT2D eigenvalue weighted by molar-refractivity contribution is -0.128. The maximum atomic E-state index is 13.0. The lowest BCUT2D eigenvalue weighted by Gasteiger charge is -2.46. The van der Waals surface area contributed by atoms with Crippen LogP contribution in [0.15, 0.2) is 30.3 Å². The third kappa shape index (κ3) is 4.32. The van der Waals surface area contributed by atoms with Gasteiger partial charge < -0.3 is 21.3 Å². The molecule has 1 aliphatic heterocycles. The summed E-state index contributed by atoms with van der Waals surface area (Å²) >= 11 is 0. The highest BCUT2D eigenvalue weighted by molar-refractivity contribution is 5.90. The number of nitrogens with two attached hydrogens (primary N) is 1. The zero-order valence-corrected chi connectivity index (χ0v) is 16.5. The van der Waals surface area contributed by atoms with Crippen molar-refractivity contribution in [3.8, 4) is 0 Å². The summed E-state index contributed by atoms with van der Waals surface area (Å²) in [6.45, 7) is 1.19. The number of carbonyl (C=O) groups is 2. The molecule has 3 fully saturated rings. The molecule has 4 N–H and O–H groups in total. The van der Waals surface area contributed by atoms with E-state index in [4.69, 9.17) is 5.73 Å². The molecule has 0 radical (unpaired) electrons. The first-order chi connectivity index (χ1) is 13.6. The Kier molecular flexibility index (Phi) is 5.85. The largest absolute Gasteiger partial charge is 0.353 e. The van der Waals surface area contributed by atoms with Crippen LogP contribution in [-0.2, 0) is 4.79 Å². The Morgan fingerprint density at radius 3 is 2.43 bits per heavy atom. The fourth-order valence-corrected chi connectivity index (χ4v) is 5.41. The molecule has 1 heterocycles. The number of rotatable bonds is 3. The van der Waals surface area contributed by atoms with Gasteiger partial charge in [0.05, 0.1) is 5.92 Å². The van der Waals surface area contributed by atoms with Crippen LogP contribution in [0.2, 0.25) is 0 Å². The van der Waals surface area contributed by atoms with Crippen LogP contribution < -0.4 is 16.4 Å². The third-order valence-electron chi connectivity index (χ3n) is 6.79.